The van der Waals surface area contributed by atoms with Crippen molar-refractivity contribution in [1.29, 1.82) is 0 Å². The molecule has 0 bridgehead atoms. The van der Waals surface area contributed by atoms with E-state index in [-0.39, 0.29) is 6.61 Å². The lowest BCUT2D eigenvalue weighted by Gasteiger charge is -1.89. The van der Waals surface area contributed by atoms with Gasteiger partial charge >= 0.3 is 6.16 Å². The maximum absolute atomic E-state index is 9.47. The molecular formula is C5H5O3. The number of ether oxygens (including phenoxy) is 1. The Morgan fingerprint density at radius 1 is 1.75 bits per heavy atom. The van der Waals surface area contributed by atoms with Gasteiger partial charge < -0.3 is 4.74 Å². The van der Waals surface area contributed by atoms with Gasteiger partial charge in [-0.2, -0.15) is 9.90 Å². The van der Waals surface area contributed by atoms with Gasteiger partial charge in [-0.3, -0.25) is 0 Å². The summed E-state index contributed by atoms with van der Waals surface area (Å²) in [6, 6.07) is 0. The van der Waals surface area contributed by atoms with E-state index in [1.54, 1.807) is 0 Å². The second-order valence-corrected chi connectivity index (χ2v) is 1.05. The van der Waals surface area contributed by atoms with Crippen LogP contribution in [0.3, 0.4) is 0 Å². The lowest BCUT2D eigenvalue weighted by atomic mass is 10.5. The third-order valence-corrected chi connectivity index (χ3v) is 0.466. The number of hydrogen-bond donors (Lipinski definition) is 0. The second-order valence-electron chi connectivity index (χ2n) is 1.05. The standard InChI is InChI=1S/C5H5O3/c1-2-3-4-8-5(6)7/h1H,3-4H2. The summed E-state index contributed by atoms with van der Waals surface area (Å²) in [4.78, 5) is 9.47. The molecule has 0 saturated heterocycles. The minimum absolute atomic E-state index is 0.0266. The van der Waals surface area contributed by atoms with Crippen LogP contribution in [0.5, 0.6) is 0 Å². The minimum atomic E-state index is -1.53. The van der Waals surface area contributed by atoms with Crippen LogP contribution in [0.15, 0.2) is 0 Å². The fraction of sp³-hybridized carbons (Fsp3) is 0.400. The van der Waals surface area contributed by atoms with Gasteiger partial charge in [0, 0.05) is 6.42 Å². The molecule has 0 amide bonds. The van der Waals surface area contributed by atoms with Gasteiger partial charge in [0.15, 0.2) is 0 Å². The third kappa shape index (κ3) is 4.83. The molecule has 0 N–H and O–H groups in total. The molecule has 0 spiro atoms. The van der Waals surface area contributed by atoms with Crippen molar-refractivity contribution >= 4 is 6.16 Å². The highest BCUT2D eigenvalue weighted by molar-refractivity contribution is 5.56. The van der Waals surface area contributed by atoms with E-state index in [2.05, 4.69) is 10.7 Å². The third-order valence-electron chi connectivity index (χ3n) is 0.466. The number of rotatable bonds is 2. The van der Waals surface area contributed by atoms with E-state index in [4.69, 9.17) is 6.42 Å². The van der Waals surface area contributed by atoms with Crippen LogP contribution in [0, 0.1) is 12.3 Å². The maximum Gasteiger partial charge on any atom is 0.550 e. The summed E-state index contributed by atoms with van der Waals surface area (Å²) in [5, 5.41) is 9.47. The number of hydrogen-bond acceptors (Lipinski definition) is 2. The first-order chi connectivity index (χ1) is 3.77. The van der Waals surface area contributed by atoms with Gasteiger partial charge in [0.1, 0.15) is 6.61 Å². The van der Waals surface area contributed by atoms with E-state index in [1.165, 1.54) is 0 Å². The first-order valence-corrected chi connectivity index (χ1v) is 2.04. The zero-order valence-corrected chi connectivity index (χ0v) is 4.22. The molecule has 8 heavy (non-hydrogen) atoms. The summed E-state index contributed by atoms with van der Waals surface area (Å²) in [5.41, 5.74) is 0. The maximum atomic E-state index is 9.47. The molecule has 0 unspecified atom stereocenters. The molecule has 0 aliphatic rings. The molecule has 0 fully saturated rings. The molecule has 0 aromatic heterocycles. The van der Waals surface area contributed by atoms with Gasteiger partial charge in [-0.05, 0) is 0 Å². The van der Waals surface area contributed by atoms with Crippen molar-refractivity contribution in [1.82, 2.24) is 0 Å². The summed E-state index contributed by atoms with van der Waals surface area (Å²) in [6.07, 6.45) is 3.54. The van der Waals surface area contributed by atoms with Crippen LogP contribution in [0.2, 0.25) is 0 Å². The van der Waals surface area contributed by atoms with Gasteiger partial charge in [-0.25, -0.2) is 0 Å². The molecule has 0 aliphatic heterocycles. The predicted molar refractivity (Wildman–Crippen MR) is 25.5 cm³/mol. The summed E-state index contributed by atoms with van der Waals surface area (Å²) in [7, 11) is 0. The Labute approximate surface area is 47.3 Å². The first-order valence-electron chi connectivity index (χ1n) is 2.04. The van der Waals surface area contributed by atoms with Crippen LogP contribution >= 0.6 is 0 Å². The molecule has 43 valence electrons. The normalized spacial score (nSPS) is 7.38. The lowest BCUT2D eigenvalue weighted by Crippen LogP contribution is -1.98. The molecule has 0 aromatic carbocycles. The van der Waals surface area contributed by atoms with E-state index in [0.717, 1.165) is 0 Å². The van der Waals surface area contributed by atoms with Crippen molar-refractivity contribution in [3.63, 3.8) is 0 Å². The van der Waals surface area contributed by atoms with Crippen LogP contribution in [0.1, 0.15) is 6.42 Å². The molecule has 3 heteroatoms. The van der Waals surface area contributed by atoms with E-state index < -0.39 is 6.16 Å². The quantitative estimate of drug-likeness (QED) is 0.298. The highest BCUT2D eigenvalue weighted by atomic mass is 16.7. The zero-order valence-electron chi connectivity index (χ0n) is 4.22. The Morgan fingerprint density at radius 3 is 2.75 bits per heavy atom. The summed E-state index contributed by atoms with van der Waals surface area (Å²) >= 11 is 0. The Bertz CT molecular complexity index is 111. The molecule has 0 saturated carbocycles. The average Bonchev–Trinajstić information content (AvgIpc) is 1.66. The Hall–Kier alpha value is -1.17. The zero-order chi connectivity index (χ0) is 6.41. The summed E-state index contributed by atoms with van der Waals surface area (Å²) in [5.74, 6) is 2.21. The fourth-order valence-electron chi connectivity index (χ4n) is 0.193. The molecule has 1 radical (unpaired) electrons. The topological polar surface area (TPSA) is 46.2 Å². The number of carbonyl (C=O) groups is 1. The SMILES string of the molecule is C#CCCOC([O])=O. The molecule has 0 rings (SSSR count). The minimum Gasteiger partial charge on any atom is -0.431 e. The largest absolute Gasteiger partial charge is 0.550 e. The Kier molecular flexibility index (Phi) is 3.42. The van der Waals surface area contributed by atoms with Crippen molar-refractivity contribution in [2.45, 2.75) is 6.42 Å². The molecule has 0 atom stereocenters. The van der Waals surface area contributed by atoms with E-state index in [1.807, 2.05) is 0 Å². The van der Waals surface area contributed by atoms with Crippen molar-refractivity contribution in [3.05, 3.63) is 0 Å². The van der Waals surface area contributed by atoms with Crippen LogP contribution in [0.4, 0.5) is 4.79 Å². The first kappa shape index (κ1) is 6.83. The van der Waals surface area contributed by atoms with Crippen molar-refractivity contribution < 1.29 is 14.6 Å². The fourth-order valence-corrected chi connectivity index (χ4v) is 0.193. The van der Waals surface area contributed by atoms with Crippen LogP contribution in [-0.2, 0) is 9.84 Å². The average molecular weight is 113 g/mol. The molecule has 0 heterocycles. The summed E-state index contributed by atoms with van der Waals surface area (Å²) in [6.45, 7) is 0.0266. The van der Waals surface area contributed by atoms with Gasteiger partial charge in [0.05, 0.1) is 0 Å². The molecule has 0 aromatic rings. The highest BCUT2D eigenvalue weighted by Gasteiger charge is 1.94. The van der Waals surface area contributed by atoms with Gasteiger partial charge in [-0.15, -0.1) is 12.3 Å². The van der Waals surface area contributed by atoms with Gasteiger partial charge in [0.25, 0.3) is 0 Å². The van der Waals surface area contributed by atoms with Crippen molar-refractivity contribution in [2.24, 2.45) is 0 Å². The predicted octanol–water partition coefficient (Wildman–Crippen LogP) is 0.577. The van der Waals surface area contributed by atoms with Crippen LogP contribution in [-0.4, -0.2) is 12.8 Å². The smallest absolute Gasteiger partial charge is 0.431 e. The van der Waals surface area contributed by atoms with Crippen LogP contribution in [0.25, 0.3) is 0 Å². The Morgan fingerprint density at radius 2 is 2.38 bits per heavy atom. The summed E-state index contributed by atoms with van der Waals surface area (Å²) < 4.78 is 3.95. The van der Waals surface area contributed by atoms with Crippen LogP contribution < -0.4 is 0 Å². The van der Waals surface area contributed by atoms with Crippen molar-refractivity contribution in [3.8, 4) is 12.3 Å². The number of terminal acetylenes is 1. The van der Waals surface area contributed by atoms with E-state index in [9.17, 15) is 9.90 Å². The molecule has 0 aliphatic carbocycles. The Balaban J connectivity index is 2.97. The monoisotopic (exact) mass is 113 g/mol. The molecular weight excluding hydrogens is 108 g/mol. The van der Waals surface area contributed by atoms with Gasteiger partial charge in [0.2, 0.25) is 0 Å². The van der Waals surface area contributed by atoms with E-state index in [0.29, 0.717) is 6.42 Å². The lowest BCUT2D eigenvalue weighted by molar-refractivity contribution is 0.0697. The number of carbonyl (C=O) groups excluding carboxylic acids is 1. The van der Waals surface area contributed by atoms with E-state index >= 15 is 0 Å². The van der Waals surface area contributed by atoms with Crippen molar-refractivity contribution in [2.75, 3.05) is 6.61 Å². The van der Waals surface area contributed by atoms with Gasteiger partial charge in [-0.1, -0.05) is 0 Å². The highest BCUT2D eigenvalue weighted by Crippen LogP contribution is 1.79. The molecule has 3 nitrogen and oxygen atoms in total. The second kappa shape index (κ2) is 4.00.